The fourth-order valence-electron chi connectivity index (χ4n) is 7.11. The van der Waals surface area contributed by atoms with Gasteiger partial charge in [0.2, 0.25) is 0 Å². The molecule has 0 aliphatic rings. The molecule has 2 rings (SSSR count). The molecule has 0 aliphatic heterocycles. The lowest BCUT2D eigenvalue weighted by Gasteiger charge is -2.35. The van der Waals surface area contributed by atoms with Gasteiger partial charge in [0.15, 0.2) is 10.9 Å². The Morgan fingerprint density at radius 1 is 0.660 bits per heavy atom. The Hall–Kier alpha value is -3.95. The molecule has 2 heterocycles. The molecule has 10 nitrogen and oxygen atoms in total. The zero-order valence-electron chi connectivity index (χ0n) is 34.8. The van der Waals surface area contributed by atoms with Crippen molar-refractivity contribution in [3.63, 3.8) is 0 Å². The molecule has 2 aromatic rings. The molecular weight excluding hydrogens is 676 g/mol. The van der Waals surface area contributed by atoms with Crippen LogP contribution in [0.25, 0.3) is 0 Å². The minimum Gasteiger partial charge on any atom is -0.465 e. The van der Waals surface area contributed by atoms with E-state index < -0.39 is 48.0 Å². The van der Waals surface area contributed by atoms with Gasteiger partial charge in [-0.05, 0) is 52.5 Å². The average Bonchev–Trinajstić information content (AvgIpc) is 3.11. The number of aryl methyl sites for hydroxylation is 1. The Labute approximate surface area is 316 Å². The SMILES string of the molecule is CCC(=O)O[C@@H](CC)[C@H](C)c1oc([C@H](C)[C@H](OC(=O)CC(C)C)[C@@H](C)[C@@H](OC(=O)CC)/C(C)=C/[C@@H](C)c2oc(CC)c(C)c(=O)c2C)c(C)c(=O)c1C. The van der Waals surface area contributed by atoms with Crippen molar-refractivity contribution >= 4 is 17.9 Å². The van der Waals surface area contributed by atoms with Gasteiger partial charge in [-0.25, -0.2) is 0 Å². The molecule has 0 bridgehead atoms. The molecule has 0 saturated carbocycles. The molecule has 53 heavy (non-hydrogen) atoms. The Kier molecular flexibility index (Phi) is 17.0. The van der Waals surface area contributed by atoms with Gasteiger partial charge in [0.25, 0.3) is 0 Å². The standard InChI is InChI=1S/C43H64O10/c1-16-32-25(9)37(47)27(11)39(50-32)23(7)21-24(8)40(51-35(45)19-4)30(14)43(52-36(46)20-22(5)6)31(15)42-29(13)38(48)28(12)41(53-42)26(10)33(17-2)49-34(44)18-3/h21-23,26,30-31,33,40,43H,16-20H2,1-15H3/b24-21+/t23-,26+,30+,31+,33+,40+,43-/m1/s1. The van der Waals surface area contributed by atoms with Crippen molar-refractivity contribution in [2.45, 2.75) is 172 Å². The second-order valence-corrected chi connectivity index (χ2v) is 15.0. The lowest BCUT2D eigenvalue weighted by molar-refractivity contribution is -0.161. The summed E-state index contributed by atoms with van der Waals surface area (Å²) in [4.78, 5) is 65.5. The van der Waals surface area contributed by atoms with Crippen LogP contribution < -0.4 is 10.9 Å². The van der Waals surface area contributed by atoms with Crippen LogP contribution in [0.5, 0.6) is 0 Å². The van der Waals surface area contributed by atoms with Crippen LogP contribution in [-0.2, 0) is 35.0 Å². The van der Waals surface area contributed by atoms with Gasteiger partial charge in [-0.15, -0.1) is 0 Å². The first-order valence-corrected chi connectivity index (χ1v) is 19.3. The summed E-state index contributed by atoms with van der Waals surface area (Å²) < 4.78 is 30.9. The van der Waals surface area contributed by atoms with E-state index in [-0.39, 0.29) is 47.9 Å². The van der Waals surface area contributed by atoms with Gasteiger partial charge in [0.1, 0.15) is 41.4 Å². The number of ether oxygens (including phenoxy) is 3. The van der Waals surface area contributed by atoms with Crippen LogP contribution in [0.2, 0.25) is 0 Å². The summed E-state index contributed by atoms with van der Waals surface area (Å²) in [7, 11) is 0. The molecule has 0 saturated heterocycles. The molecule has 0 N–H and O–H groups in total. The van der Waals surface area contributed by atoms with Crippen LogP contribution in [0.3, 0.4) is 0 Å². The van der Waals surface area contributed by atoms with E-state index in [9.17, 15) is 24.0 Å². The van der Waals surface area contributed by atoms with Gasteiger partial charge in [-0.2, -0.15) is 0 Å². The average molecular weight is 741 g/mol. The molecule has 7 atom stereocenters. The molecule has 2 aromatic heterocycles. The molecule has 10 heteroatoms. The number of carbonyl (C=O) groups excluding carboxylic acids is 3. The van der Waals surface area contributed by atoms with Gasteiger partial charge >= 0.3 is 17.9 Å². The number of carbonyl (C=O) groups is 3. The quantitative estimate of drug-likeness (QED) is 0.0826. The van der Waals surface area contributed by atoms with Gasteiger partial charge in [-0.1, -0.05) is 75.3 Å². The fraction of sp³-hybridized carbons (Fsp3) is 0.651. The van der Waals surface area contributed by atoms with Crippen molar-refractivity contribution in [2.75, 3.05) is 0 Å². The Balaban J connectivity index is 2.79. The van der Waals surface area contributed by atoms with E-state index in [2.05, 4.69) is 0 Å². The summed E-state index contributed by atoms with van der Waals surface area (Å²) in [6.07, 6.45) is 1.25. The third kappa shape index (κ3) is 11.0. The molecular formula is C43H64O10. The molecule has 0 fully saturated rings. The highest BCUT2D eigenvalue weighted by Gasteiger charge is 2.39. The third-order valence-corrected chi connectivity index (χ3v) is 10.3. The highest BCUT2D eigenvalue weighted by molar-refractivity contribution is 5.70. The Morgan fingerprint density at radius 3 is 1.68 bits per heavy atom. The predicted octanol–water partition coefficient (Wildman–Crippen LogP) is 8.99. The minimum atomic E-state index is -0.895. The van der Waals surface area contributed by atoms with Crippen LogP contribution in [0.1, 0.15) is 165 Å². The Morgan fingerprint density at radius 2 is 1.17 bits per heavy atom. The van der Waals surface area contributed by atoms with E-state index in [0.717, 1.165) is 0 Å². The maximum atomic E-state index is 13.8. The van der Waals surface area contributed by atoms with Crippen LogP contribution in [0.4, 0.5) is 0 Å². The highest BCUT2D eigenvalue weighted by Crippen LogP contribution is 2.37. The number of esters is 3. The third-order valence-electron chi connectivity index (χ3n) is 10.3. The smallest absolute Gasteiger partial charge is 0.306 e. The second-order valence-electron chi connectivity index (χ2n) is 15.0. The number of hydrogen-bond acceptors (Lipinski definition) is 10. The first kappa shape index (κ1) is 45.2. The largest absolute Gasteiger partial charge is 0.465 e. The maximum absolute atomic E-state index is 13.8. The van der Waals surface area contributed by atoms with E-state index in [1.165, 1.54) is 0 Å². The zero-order chi connectivity index (χ0) is 40.5. The van der Waals surface area contributed by atoms with Gasteiger partial charge in [0.05, 0.1) is 11.8 Å². The van der Waals surface area contributed by atoms with Crippen LogP contribution in [0, 0.1) is 39.5 Å². The van der Waals surface area contributed by atoms with Gasteiger partial charge in [-0.3, -0.25) is 24.0 Å². The van der Waals surface area contributed by atoms with Crippen molar-refractivity contribution in [2.24, 2.45) is 11.8 Å². The highest BCUT2D eigenvalue weighted by atomic mass is 16.6. The molecule has 296 valence electrons. The van der Waals surface area contributed by atoms with Gasteiger partial charge in [0, 0.05) is 59.8 Å². The molecule has 0 aromatic carbocycles. The van der Waals surface area contributed by atoms with Crippen molar-refractivity contribution in [1.82, 2.24) is 0 Å². The number of rotatable bonds is 18. The van der Waals surface area contributed by atoms with Crippen molar-refractivity contribution in [3.05, 3.63) is 77.4 Å². The van der Waals surface area contributed by atoms with E-state index in [1.54, 1.807) is 41.5 Å². The summed E-state index contributed by atoms with van der Waals surface area (Å²) >= 11 is 0. The van der Waals surface area contributed by atoms with E-state index >= 15 is 0 Å². The van der Waals surface area contributed by atoms with Crippen molar-refractivity contribution in [3.8, 4) is 0 Å². The first-order valence-electron chi connectivity index (χ1n) is 19.3. The zero-order valence-corrected chi connectivity index (χ0v) is 34.8. The van der Waals surface area contributed by atoms with Crippen LogP contribution in [-0.4, -0.2) is 36.2 Å². The van der Waals surface area contributed by atoms with Crippen LogP contribution >= 0.6 is 0 Å². The Bertz CT molecular complexity index is 1740. The molecule has 0 unspecified atom stereocenters. The van der Waals surface area contributed by atoms with E-state index in [1.807, 2.05) is 68.4 Å². The van der Waals surface area contributed by atoms with E-state index in [0.29, 0.717) is 63.7 Å². The predicted molar refractivity (Wildman–Crippen MR) is 206 cm³/mol. The van der Waals surface area contributed by atoms with Crippen molar-refractivity contribution < 1.29 is 37.4 Å². The van der Waals surface area contributed by atoms with Crippen molar-refractivity contribution in [1.29, 1.82) is 0 Å². The topological polar surface area (TPSA) is 139 Å². The summed E-state index contributed by atoms with van der Waals surface area (Å²) in [6, 6.07) is 0. The summed E-state index contributed by atoms with van der Waals surface area (Å²) in [5.41, 5.74) is 2.32. The summed E-state index contributed by atoms with van der Waals surface area (Å²) in [5, 5.41) is 0. The molecule has 0 amide bonds. The lowest BCUT2D eigenvalue weighted by atomic mass is 9.82. The maximum Gasteiger partial charge on any atom is 0.306 e. The minimum absolute atomic E-state index is 0.0219. The second kappa shape index (κ2) is 19.9. The monoisotopic (exact) mass is 740 g/mol. The number of allylic oxidation sites excluding steroid dienone is 1. The summed E-state index contributed by atoms with van der Waals surface area (Å²) in [6.45, 7) is 27.4. The number of hydrogen-bond donors (Lipinski definition) is 0. The summed E-state index contributed by atoms with van der Waals surface area (Å²) in [5.74, 6) is -1.33. The molecule has 0 aliphatic carbocycles. The van der Waals surface area contributed by atoms with Gasteiger partial charge < -0.3 is 23.0 Å². The fourth-order valence-corrected chi connectivity index (χ4v) is 7.11. The molecule has 0 radical (unpaired) electrons. The lowest BCUT2D eigenvalue weighted by Crippen LogP contribution is -2.40. The normalized spacial score (nSPS) is 16.0. The van der Waals surface area contributed by atoms with Crippen LogP contribution in [0.15, 0.2) is 30.1 Å². The molecule has 0 spiro atoms. The first-order chi connectivity index (χ1) is 24.7. The van der Waals surface area contributed by atoms with E-state index in [4.69, 9.17) is 23.0 Å².